The summed E-state index contributed by atoms with van der Waals surface area (Å²) in [7, 11) is 2.16. The molecule has 2 fully saturated rings. The molecule has 0 spiro atoms. The molecule has 0 atom stereocenters. The number of nitrogens with one attached hydrogen (secondary N) is 1. The monoisotopic (exact) mass is 431 g/mol. The Morgan fingerprint density at radius 2 is 1.62 bits per heavy atom. The highest BCUT2D eigenvalue weighted by Gasteiger charge is 2.30. The molecule has 1 N–H and O–H groups in total. The normalized spacial score (nSPS) is 20.1. The Kier molecular flexibility index (Phi) is 6.26. The van der Waals surface area contributed by atoms with Crippen LogP contribution in [0.5, 0.6) is 0 Å². The molecular weight excluding hydrogens is 398 g/mol. The van der Waals surface area contributed by atoms with E-state index in [0.29, 0.717) is 0 Å². The number of likely N-dealkylation sites (N-methyl/N-ethyl adjacent to an activating group) is 1. The van der Waals surface area contributed by atoms with E-state index in [1.807, 2.05) is 0 Å². The third kappa shape index (κ3) is 4.31. The van der Waals surface area contributed by atoms with E-state index in [0.717, 1.165) is 95.6 Å². The first-order valence-electron chi connectivity index (χ1n) is 11.8. The molecule has 0 amide bonds. The zero-order valence-corrected chi connectivity index (χ0v) is 19.1. The molecule has 3 aliphatic heterocycles. The van der Waals surface area contributed by atoms with Gasteiger partial charge in [0.05, 0.1) is 5.56 Å². The predicted molar refractivity (Wildman–Crippen MR) is 128 cm³/mol. The van der Waals surface area contributed by atoms with Gasteiger partial charge in [0, 0.05) is 77.6 Å². The molecule has 4 heterocycles. The number of anilines is 2. The Morgan fingerprint density at radius 3 is 2.34 bits per heavy atom. The molecule has 5 rings (SSSR count). The van der Waals surface area contributed by atoms with Crippen LogP contribution >= 0.6 is 0 Å². The van der Waals surface area contributed by atoms with Crippen LogP contribution in [0.15, 0.2) is 30.3 Å². The molecule has 168 valence electrons. The Bertz CT molecular complexity index is 970. The first-order chi connectivity index (χ1) is 15.7. The molecule has 32 heavy (non-hydrogen) atoms. The molecule has 1 aromatic carbocycles. The maximum absolute atomic E-state index is 10.3. The Morgan fingerprint density at radius 1 is 0.906 bits per heavy atom. The van der Waals surface area contributed by atoms with E-state index in [-0.39, 0.29) is 0 Å². The summed E-state index contributed by atoms with van der Waals surface area (Å²) in [5, 5.41) is 13.7. The van der Waals surface area contributed by atoms with Crippen molar-refractivity contribution in [3.63, 3.8) is 0 Å². The van der Waals surface area contributed by atoms with Crippen LogP contribution in [0.4, 0.5) is 11.6 Å². The fraction of sp³-hybridized carbons (Fsp3) is 0.520. The molecule has 2 saturated heterocycles. The van der Waals surface area contributed by atoms with Gasteiger partial charge >= 0.3 is 0 Å². The molecular formula is C25H33N7. The second kappa shape index (κ2) is 9.45. The summed E-state index contributed by atoms with van der Waals surface area (Å²) in [6.07, 6.45) is 0.951. The minimum Gasteiger partial charge on any atom is -0.354 e. The van der Waals surface area contributed by atoms with E-state index in [2.05, 4.69) is 68.4 Å². The second-order valence-electron chi connectivity index (χ2n) is 9.18. The standard InChI is InChI=1S/C25H33N7/c1-29-13-15-32(16-14-29)25-22(17-26)23-19-30(18-20-5-3-2-4-6-20)10-7-21(23)24(28-25)31-11-8-27-9-12-31/h2-6,27H,7-16,18-19H2,1H3. The van der Waals surface area contributed by atoms with Crippen molar-refractivity contribution in [2.75, 3.05) is 75.8 Å². The highest BCUT2D eigenvalue weighted by molar-refractivity contribution is 5.68. The zero-order chi connectivity index (χ0) is 21.9. The molecule has 0 aliphatic carbocycles. The van der Waals surface area contributed by atoms with Crippen molar-refractivity contribution in [1.82, 2.24) is 20.1 Å². The molecule has 1 aromatic heterocycles. The Hall–Kier alpha value is -2.66. The van der Waals surface area contributed by atoms with Crippen LogP contribution in [0.25, 0.3) is 0 Å². The zero-order valence-electron chi connectivity index (χ0n) is 19.1. The molecule has 0 unspecified atom stereocenters. The molecule has 7 heteroatoms. The fourth-order valence-corrected chi connectivity index (χ4v) is 5.13. The predicted octanol–water partition coefficient (Wildman–Crippen LogP) is 1.67. The minimum atomic E-state index is 0.793. The van der Waals surface area contributed by atoms with Crippen molar-refractivity contribution in [2.45, 2.75) is 19.5 Å². The first kappa shape index (κ1) is 21.2. The summed E-state index contributed by atoms with van der Waals surface area (Å²) in [4.78, 5) is 14.8. The molecule has 0 saturated carbocycles. The van der Waals surface area contributed by atoms with Crippen molar-refractivity contribution in [2.24, 2.45) is 0 Å². The molecule has 0 radical (unpaired) electrons. The van der Waals surface area contributed by atoms with Gasteiger partial charge in [0.15, 0.2) is 0 Å². The van der Waals surface area contributed by atoms with Crippen LogP contribution in [0, 0.1) is 11.3 Å². The number of nitrogens with zero attached hydrogens (tertiary/aromatic N) is 6. The van der Waals surface area contributed by atoms with E-state index < -0.39 is 0 Å². The maximum atomic E-state index is 10.3. The smallest absolute Gasteiger partial charge is 0.149 e. The number of hydrogen-bond donors (Lipinski definition) is 1. The summed E-state index contributed by atoms with van der Waals surface area (Å²) in [6, 6.07) is 13.2. The van der Waals surface area contributed by atoms with E-state index >= 15 is 0 Å². The molecule has 2 aromatic rings. The quantitative estimate of drug-likeness (QED) is 0.790. The van der Waals surface area contributed by atoms with Crippen molar-refractivity contribution < 1.29 is 0 Å². The Labute approximate surface area is 191 Å². The fourth-order valence-electron chi connectivity index (χ4n) is 5.13. The first-order valence-corrected chi connectivity index (χ1v) is 11.8. The van der Waals surface area contributed by atoms with E-state index in [1.54, 1.807) is 0 Å². The lowest BCUT2D eigenvalue weighted by Gasteiger charge is -2.38. The number of aromatic nitrogens is 1. The van der Waals surface area contributed by atoms with Gasteiger partial charge in [0.1, 0.15) is 17.7 Å². The average Bonchev–Trinajstić information content (AvgIpc) is 2.84. The summed E-state index contributed by atoms with van der Waals surface area (Å²) in [5.41, 5.74) is 4.61. The van der Waals surface area contributed by atoms with Gasteiger partial charge in [-0.25, -0.2) is 4.98 Å². The van der Waals surface area contributed by atoms with Crippen LogP contribution in [0.2, 0.25) is 0 Å². The second-order valence-corrected chi connectivity index (χ2v) is 9.18. The highest BCUT2D eigenvalue weighted by atomic mass is 15.3. The number of fused-ring (bicyclic) bond motifs is 1. The summed E-state index contributed by atoms with van der Waals surface area (Å²) >= 11 is 0. The maximum Gasteiger partial charge on any atom is 0.149 e. The number of rotatable bonds is 4. The lowest BCUT2D eigenvalue weighted by atomic mass is 9.94. The van der Waals surface area contributed by atoms with Gasteiger partial charge < -0.3 is 20.0 Å². The SMILES string of the molecule is CN1CCN(c2nc(N3CCNCC3)c3c(c2C#N)CN(Cc2ccccc2)CC3)CC1. The summed E-state index contributed by atoms with van der Waals surface area (Å²) in [6.45, 7) is 10.5. The summed E-state index contributed by atoms with van der Waals surface area (Å²) in [5.74, 6) is 2.02. The van der Waals surface area contributed by atoms with E-state index in [1.165, 1.54) is 16.7 Å². The van der Waals surface area contributed by atoms with Gasteiger partial charge in [-0.2, -0.15) is 5.26 Å². The van der Waals surface area contributed by atoms with Crippen LogP contribution in [-0.2, 0) is 19.5 Å². The van der Waals surface area contributed by atoms with Crippen molar-refractivity contribution in [3.05, 3.63) is 52.6 Å². The number of nitriles is 1. The average molecular weight is 432 g/mol. The molecule has 3 aliphatic rings. The van der Waals surface area contributed by atoms with Gasteiger partial charge in [-0.05, 0) is 24.6 Å². The lowest BCUT2D eigenvalue weighted by molar-refractivity contribution is 0.245. The van der Waals surface area contributed by atoms with Crippen molar-refractivity contribution >= 4 is 11.6 Å². The number of benzene rings is 1. The number of hydrogen-bond acceptors (Lipinski definition) is 7. The van der Waals surface area contributed by atoms with Crippen molar-refractivity contribution in [3.8, 4) is 6.07 Å². The van der Waals surface area contributed by atoms with Crippen molar-refractivity contribution in [1.29, 1.82) is 5.26 Å². The molecule has 7 nitrogen and oxygen atoms in total. The third-order valence-electron chi connectivity index (χ3n) is 7.01. The van der Waals surface area contributed by atoms with Gasteiger partial charge in [-0.15, -0.1) is 0 Å². The van der Waals surface area contributed by atoms with E-state index in [9.17, 15) is 5.26 Å². The van der Waals surface area contributed by atoms with Gasteiger partial charge in [-0.1, -0.05) is 30.3 Å². The summed E-state index contributed by atoms with van der Waals surface area (Å²) < 4.78 is 0. The number of piperazine rings is 2. The topological polar surface area (TPSA) is 61.7 Å². The van der Waals surface area contributed by atoms with Crippen LogP contribution in [-0.4, -0.2) is 80.7 Å². The minimum absolute atomic E-state index is 0.793. The third-order valence-corrected chi connectivity index (χ3v) is 7.01. The van der Waals surface area contributed by atoms with Crippen LogP contribution < -0.4 is 15.1 Å². The largest absolute Gasteiger partial charge is 0.354 e. The highest BCUT2D eigenvalue weighted by Crippen LogP contribution is 2.36. The van der Waals surface area contributed by atoms with Gasteiger partial charge in [0.25, 0.3) is 0 Å². The lowest BCUT2D eigenvalue weighted by Crippen LogP contribution is -2.47. The Balaban J connectivity index is 1.52. The van der Waals surface area contributed by atoms with Gasteiger partial charge in [-0.3, -0.25) is 4.90 Å². The van der Waals surface area contributed by atoms with E-state index in [4.69, 9.17) is 4.98 Å². The molecule has 0 bridgehead atoms. The van der Waals surface area contributed by atoms with Crippen LogP contribution in [0.1, 0.15) is 22.3 Å². The van der Waals surface area contributed by atoms with Crippen LogP contribution in [0.3, 0.4) is 0 Å². The number of pyridine rings is 1. The van der Waals surface area contributed by atoms with Gasteiger partial charge in [0.2, 0.25) is 0 Å².